The molecule has 0 bridgehead atoms. The van der Waals surface area contributed by atoms with E-state index in [0.29, 0.717) is 11.3 Å². The molecule has 0 atom stereocenters. The number of anilines is 1. The largest absolute Gasteiger partial charge is 0.508 e. The maximum absolute atomic E-state index is 10.6. The predicted octanol–water partition coefficient (Wildman–Crippen LogP) is 3.37. The third-order valence-electron chi connectivity index (χ3n) is 4.16. The predicted molar refractivity (Wildman–Crippen MR) is 134 cm³/mol. The van der Waals surface area contributed by atoms with Crippen LogP contribution < -0.4 is 10.5 Å². The van der Waals surface area contributed by atoms with Crippen molar-refractivity contribution in [2.24, 2.45) is 0 Å². The number of carbonyl (C=O) groups excluding carboxylic acids is 1. The van der Waals surface area contributed by atoms with E-state index >= 15 is 0 Å². The zero-order chi connectivity index (χ0) is 28.8. The molecule has 0 aliphatic rings. The number of phenols is 2. The summed E-state index contributed by atoms with van der Waals surface area (Å²) < 4.78 is 4.69. The quantitative estimate of drug-likeness (QED) is 0.0931. The highest BCUT2D eigenvalue weighted by Gasteiger charge is 2.11. The Balaban J connectivity index is 0.000000287. The summed E-state index contributed by atoms with van der Waals surface area (Å²) in [5.74, 6) is -4.30. The van der Waals surface area contributed by atoms with Gasteiger partial charge in [0.25, 0.3) is 0 Å². The number of nitrogens with zero attached hydrogens (tertiary/aromatic N) is 1. The number of hydrogen-bond acceptors (Lipinski definition) is 9. The lowest BCUT2D eigenvalue weighted by Gasteiger charge is -2.03. The molecule has 0 spiro atoms. The van der Waals surface area contributed by atoms with Gasteiger partial charge in [-0.3, -0.25) is 4.79 Å². The molecule has 3 rings (SSSR count). The molecule has 0 aromatic heterocycles. The third kappa shape index (κ3) is 10.2. The number of rotatable bonds is 5. The first-order valence-electron chi connectivity index (χ1n) is 10.3. The lowest BCUT2D eigenvalue weighted by molar-refractivity contribution is -0.133. The number of aliphatic carboxylic acids is 1. The highest BCUT2D eigenvalue weighted by atomic mass is 16.5. The molecule has 0 aliphatic carbocycles. The molecular weight excluding hydrogens is 500 g/mol. The lowest BCUT2D eigenvalue weighted by Crippen LogP contribution is -2.06. The number of aromatic hydroxyl groups is 2. The van der Waals surface area contributed by atoms with Gasteiger partial charge in [-0.2, -0.15) is 5.26 Å². The van der Waals surface area contributed by atoms with E-state index in [1.807, 2.05) is 0 Å². The number of nitriles is 1. The van der Waals surface area contributed by atoms with Gasteiger partial charge in [-0.15, -0.1) is 0 Å². The molecule has 38 heavy (non-hydrogen) atoms. The molecule has 7 N–H and O–H groups in total. The van der Waals surface area contributed by atoms with Crippen molar-refractivity contribution in [2.45, 2.75) is 6.92 Å². The summed E-state index contributed by atoms with van der Waals surface area (Å²) in [7, 11) is 0. The molecular formula is C26H22N2O10. The lowest BCUT2D eigenvalue weighted by atomic mass is 10.1. The van der Waals surface area contributed by atoms with Crippen LogP contribution in [0.15, 0.2) is 72.3 Å². The Morgan fingerprint density at radius 1 is 0.868 bits per heavy atom. The average Bonchev–Trinajstić information content (AvgIpc) is 2.83. The van der Waals surface area contributed by atoms with Crippen LogP contribution in [0.2, 0.25) is 0 Å². The minimum atomic E-state index is -1.28. The van der Waals surface area contributed by atoms with E-state index in [1.54, 1.807) is 30.3 Å². The Hall–Kier alpha value is -5.83. The van der Waals surface area contributed by atoms with E-state index in [4.69, 9.17) is 36.5 Å². The van der Waals surface area contributed by atoms with Crippen LogP contribution in [-0.2, 0) is 9.59 Å². The molecule has 3 aromatic rings. The number of carboxylic acid groups (broad SMARTS) is 3. The van der Waals surface area contributed by atoms with Crippen molar-refractivity contribution in [1.29, 1.82) is 5.26 Å². The number of nitrogens with two attached hydrogens (primary N) is 1. The van der Waals surface area contributed by atoms with E-state index in [9.17, 15) is 19.2 Å². The van der Waals surface area contributed by atoms with Crippen LogP contribution in [0.1, 0.15) is 33.2 Å². The van der Waals surface area contributed by atoms with Gasteiger partial charge in [0, 0.05) is 18.7 Å². The third-order valence-corrected chi connectivity index (χ3v) is 4.16. The van der Waals surface area contributed by atoms with Crippen molar-refractivity contribution in [1.82, 2.24) is 0 Å². The van der Waals surface area contributed by atoms with E-state index in [-0.39, 0.29) is 33.9 Å². The molecule has 0 fully saturated rings. The van der Waals surface area contributed by atoms with Crippen LogP contribution >= 0.6 is 0 Å². The molecule has 0 aliphatic heterocycles. The van der Waals surface area contributed by atoms with Gasteiger partial charge in [-0.25, -0.2) is 14.4 Å². The van der Waals surface area contributed by atoms with Crippen LogP contribution in [0.4, 0.5) is 5.69 Å². The van der Waals surface area contributed by atoms with E-state index < -0.39 is 23.9 Å². The van der Waals surface area contributed by atoms with Crippen LogP contribution in [0.3, 0.4) is 0 Å². The van der Waals surface area contributed by atoms with Gasteiger partial charge in [0.1, 0.15) is 40.0 Å². The summed E-state index contributed by atoms with van der Waals surface area (Å²) in [6.07, 6.45) is 1.20. The molecule has 3 aromatic carbocycles. The van der Waals surface area contributed by atoms with Crippen LogP contribution in [0.25, 0.3) is 6.08 Å². The number of carbonyl (C=O) groups is 4. The molecule has 0 radical (unpaired) electrons. The molecule has 0 amide bonds. The molecule has 0 unspecified atom stereocenters. The standard InChI is InChI=1S/C10H7NO3.C9H8O4.C7H7NO3/c11-6-8(10(13)14)4-7-2-1-3-9(12)5-7;1-6(10)13-8-5-3-2-4-7(8)9(11)12;8-4-1-2-5(7(10)11)6(9)3-4/h1-5,12H,(H,13,14);2-5H,1H3,(H,11,12);1-3,9H,8H2,(H,10,11). The molecule has 0 saturated heterocycles. The SMILES string of the molecule is CC(=O)Oc1ccccc1C(=O)O.N#CC(=Cc1cccc(O)c1)C(=O)O.Nc1ccc(C(=O)O)c(O)c1. The Kier molecular flexibility index (Phi) is 11.6. The number of carboxylic acids is 3. The molecule has 196 valence electrons. The second-order valence-corrected chi connectivity index (χ2v) is 7.05. The first kappa shape index (κ1) is 30.2. The Morgan fingerprint density at radius 2 is 1.50 bits per heavy atom. The Labute approximate surface area is 215 Å². The maximum atomic E-state index is 10.6. The van der Waals surface area contributed by atoms with Gasteiger partial charge in [0.2, 0.25) is 0 Å². The highest BCUT2D eigenvalue weighted by Crippen LogP contribution is 2.19. The fourth-order valence-electron chi connectivity index (χ4n) is 2.54. The second-order valence-electron chi connectivity index (χ2n) is 7.05. The molecule has 0 heterocycles. The van der Waals surface area contributed by atoms with Crippen molar-refractivity contribution in [3.8, 4) is 23.3 Å². The van der Waals surface area contributed by atoms with Crippen molar-refractivity contribution < 1.29 is 49.4 Å². The Bertz CT molecular complexity index is 1410. The van der Waals surface area contributed by atoms with E-state index in [1.165, 1.54) is 55.5 Å². The zero-order valence-electron chi connectivity index (χ0n) is 19.7. The van der Waals surface area contributed by atoms with Gasteiger partial charge in [0.05, 0.1) is 0 Å². The van der Waals surface area contributed by atoms with Gasteiger partial charge >= 0.3 is 23.9 Å². The molecule has 0 saturated carbocycles. The first-order chi connectivity index (χ1) is 17.8. The summed E-state index contributed by atoms with van der Waals surface area (Å²) >= 11 is 0. The van der Waals surface area contributed by atoms with Gasteiger partial charge in [-0.05, 0) is 48.0 Å². The average molecular weight is 522 g/mol. The van der Waals surface area contributed by atoms with Gasteiger partial charge in [0.15, 0.2) is 0 Å². The monoisotopic (exact) mass is 522 g/mol. The number of phenolic OH excluding ortho intramolecular Hbond substituents is 1. The fraction of sp³-hybridized carbons (Fsp3) is 0.0385. The summed E-state index contributed by atoms with van der Waals surface area (Å²) in [5, 5.41) is 52.2. The normalized spacial score (nSPS) is 9.84. The van der Waals surface area contributed by atoms with Crippen molar-refractivity contribution in [3.63, 3.8) is 0 Å². The number of benzene rings is 3. The summed E-state index contributed by atoms with van der Waals surface area (Å²) in [5.41, 5.74) is 5.57. The van der Waals surface area contributed by atoms with Crippen LogP contribution in [0.5, 0.6) is 17.2 Å². The zero-order valence-corrected chi connectivity index (χ0v) is 19.7. The summed E-state index contributed by atoms with van der Waals surface area (Å²) in [6, 6.07) is 17.4. The minimum Gasteiger partial charge on any atom is -0.508 e. The summed E-state index contributed by atoms with van der Waals surface area (Å²) in [6.45, 7) is 1.22. The molecule has 12 heteroatoms. The number of esters is 1. The number of hydrogen-bond donors (Lipinski definition) is 6. The maximum Gasteiger partial charge on any atom is 0.346 e. The molecule has 12 nitrogen and oxygen atoms in total. The van der Waals surface area contributed by atoms with Gasteiger partial charge in [-0.1, -0.05) is 24.3 Å². The first-order valence-corrected chi connectivity index (χ1v) is 10.3. The number of para-hydroxylation sites is 1. The van der Waals surface area contributed by atoms with Crippen LogP contribution in [0, 0.1) is 11.3 Å². The fourth-order valence-corrected chi connectivity index (χ4v) is 2.54. The Morgan fingerprint density at radius 3 is 2.00 bits per heavy atom. The van der Waals surface area contributed by atoms with E-state index in [2.05, 4.69) is 4.74 Å². The highest BCUT2D eigenvalue weighted by molar-refractivity contribution is 5.96. The smallest absolute Gasteiger partial charge is 0.346 e. The second kappa shape index (κ2) is 14.5. The number of ether oxygens (including phenoxy) is 1. The van der Waals surface area contributed by atoms with Crippen molar-refractivity contribution in [2.75, 3.05) is 5.73 Å². The number of nitrogen functional groups attached to an aromatic ring is 1. The van der Waals surface area contributed by atoms with Crippen molar-refractivity contribution in [3.05, 3.63) is 89.0 Å². The van der Waals surface area contributed by atoms with Crippen LogP contribution in [-0.4, -0.2) is 49.4 Å². The minimum absolute atomic E-state index is 0.0160. The van der Waals surface area contributed by atoms with Gasteiger partial charge < -0.3 is 36.0 Å². The summed E-state index contributed by atoms with van der Waals surface area (Å²) in [4.78, 5) is 42.0. The topological polar surface area (TPSA) is 228 Å². The van der Waals surface area contributed by atoms with Crippen molar-refractivity contribution >= 4 is 35.6 Å². The van der Waals surface area contributed by atoms with E-state index in [0.717, 1.165) is 0 Å². The number of aromatic carboxylic acids is 2.